The van der Waals surface area contributed by atoms with Crippen molar-refractivity contribution in [3.8, 4) is 0 Å². The van der Waals surface area contributed by atoms with Crippen LogP contribution in [-0.4, -0.2) is 17.8 Å². The molecule has 0 aliphatic carbocycles. The van der Waals surface area contributed by atoms with Crippen LogP contribution in [-0.2, 0) is 15.3 Å². The number of hydrogen-bond donors (Lipinski definition) is 0. The van der Waals surface area contributed by atoms with E-state index in [4.69, 9.17) is 9.15 Å². The number of hydrogen-bond acceptors (Lipinski definition) is 4. The fourth-order valence-corrected chi connectivity index (χ4v) is 1.63. The minimum absolute atomic E-state index is 0.0355. The van der Waals surface area contributed by atoms with E-state index in [1.165, 1.54) is 11.8 Å². The van der Waals surface area contributed by atoms with Crippen molar-refractivity contribution >= 4 is 17.7 Å². The Balaban J connectivity index is 2.12. The fourth-order valence-electron chi connectivity index (χ4n) is 0.927. The van der Waals surface area contributed by atoms with Crippen LogP contribution in [0.4, 0.5) is 0 Å². The van der Waals surface area contributed by atoms with Crippen LogP contribution in [0.15, 0.2) is 22.8 Å². The van der Waals surface area contributed by atoms with Gasteiger partial charge in [-0.15, -0.1) is 11.8 Å². The lowest BCUT2D eigenvalue weighted by atomic mass is 10.5. The Bertz CT molecular complexity index is 267. The topological polar surface area (TPSA) is 39.4 Å². The van der Waals surface area contributed by atoms with Crippen molar-refractivity contribution in [1.82, 2.24) is 0 Å². The van der Waals surface area contributed by atoms with Crippen LogP contribution in [0, 0.1) is 0 Å². The largest absolute Gasteiger partial charge is 0.468 e. The molecule has 78 valence electrons. The summed E-state index contributed by atoms with van der Waals surface area (Å²) >= 11 is 1.49. The first-order valence-electron chi connectivity index (χ1n) is 4.48. The van der Waals surface area contributed by atoms with Crippen molar-refractivity contribution in [2.45, 2.75) is 25.7 Å². The summed E-state index contributed by atoms with van der Waals surface area (Å²) in [5, 5.41) is 0. The van der Waals surface area contributed by atoms with Gasteiger partial charge in [0.2, 0.25) is 0 Å². The zero-order chi connectivity index (χ0) is 10.4. The number of carbonyl (C=O) groups excluding carboxylic acids is 1. The molecule has 0 saturated carbocycles. The van der Waals surface area contributed by atoms with Gasteiger partial charge in [0, 0.05) is 0 Å². The van der Waals surface area contributed by atoms with Gasteiger partial charge < -0.3 is 9.15 Å². The molecule has 0 amide bonds. The normalized spacial score (nSPS) is 10.5. The van der Waals surface area contributed by atoms with Crippen LogP contribution < -0.4 is 0 Å². The molecule has 1 heterocycles. The fraction of sp³-hybridized carbons (Fsp3) is 0.500. The van der Waals surface area contributed by atoms with Crippen molar-refractivity contribution in [2.75, 3.05) is 5.75 Å². The summed E-state index contributed by atoms with van der Waals surface area (Å²) in [6.07, 6.45) is 1.59. The lowest BCUT2D eigenvalue weighted by molar-refractivity contribution is -0.144. The SMILES string of the molecule is CC(C)OC(=O)CSCc1ccco1. The van der Waals surface area contributed by atoms with E-state index in [-0.39, 0.29) is 12.1 Å². The minimum Gasteiger partial charge on any atom is -0.468 e. The third kappa shape index (κ3) is 4.37. The van der Waals surface area contributed by atoms with Crippen LogP contribution in [0.2, 0.25) is 0 Å². The molecular formula is C10H14O3S. The Labute approximate surface area is 87.8 Å². The Kier molecular flexibility index (Phi) is 4.59. The number of carbonyl (C=O) groups is 1. The maximum Gasteiger partial charge on any atom is 0.316 e. The van der Waals surface area contributed by atoms with E-state index in [9.17, 15) is 4.79 Å². The van der Waals surface area contributed by atoms with E-state index in [0.29, 0.717) is 11.5 Å². The number of thioether (sulfide) groups is 1. The smallest absolute Gasteiger partial charge is 0.316 e. The summed E-state index contributed by atoms with van der Waals surface area (Å²) < 4.78 is 10.1. The first kappa shape index (κ1) is 11.2. The lowest BCUT2D eigenvalue weighted by Crippen LogP contribution is -2.13. The molecule has 0 atom stereocenters. The van der Waals surface area contributed by atoms with E-state index in [0.717, 1.165) is 5.76 Å². The summed E-state index contributed by atoms with van der Waals surface area (Å²) in [5.41, 5.74) is 0. The molecule has 3 nitrogen and oxygen atoms in total. The monoisotopic (exact) mass is 214 g/mol. The highest BCUT2D eigenvalue weighted by atomic mass is 32.2. The van der Waals surface area contributed by atoms with E-state index in [1.54, 1.807) is 6.26 Å². The zero-order valence-electron chi connectivity index (χ0n) is 8.36. The maximum atomic E-state index is 11.1. The van der Waals surface area contributed by atoms with Gasteiger partial charge in [-0.1, -0.05) is 0 Å². The third-order valence-electron chi connectivity index (χ3n) is 1.41. The predicted molar refractivity (Wildman–Crippen MR) is 56.1 cm³/mol. The van der Waals surface area contributed by atoms with Gasteiger partial charge in [0.05, 0.1) is 23.9 Å². The lowest BCUT2D eigenvalue weighted by Gasteiger charge is -2.06. The summed E-state index contributed by atoms with van der Waals surface area (Å²) in [6.45, 7) is 3.68. The van der Waals surface area contributed by atoms with Crippen molar-refractivity contribution in [2.24, 2.45) is 0 Å². The Morgan fingerprint density at radius 2 is 2.43 bits per heavy atom. The molecule has 0 fully saturated rings. The van der Waals surface area contributed by atoms with E-state index < -0.39 is 0 Å². The van der Waals surface area contributed by atoms with Crippen molar-refractivity contribution < 1.29 is 13.9 Å². The first-order valence-corrected chi connectivity index (χ1v) is 5.63. The van der Waals surface area contributed by atoms with Crippen molar-refractivity contribution in [3.63, 3.8) is 0 Å². The second-order valence-corrected chi connectivity index (χ2v) is 4.10. The maximum absolute atomic E-state index is 11.1. The second-order valence-electron chi connectivity index (χ2n) is 3.11. The average molecular weight is 214 g/mol. The molecule has 4 heteroatoms. The van der Waals surface area contributed by atoms with E-state index >= 15 is 0 Å². The molecule has 1 rings (SSSR count). The third-order valence-corrected chi connectivity index (χ3v) is 2.34. The van der Waals surface area contributed by atoms with Crippen LogP contribution in [0.25, 0.3) is 0 Å². The van der Waals surface area contributed by atoms with Crippen LogP contribution >= 0.6 is 11.8 Å². The van der Waals surface area contributed by atoms with Crippen molar-refractivity contribution in [3.05, 3.63) is 24.2 Å². The van der Waals surface area contributed by atoms with Gasteiger partial charge in [0.15, 0.2) is 0 Å². The van der Waals surface area contributed by atoms with Gasteiger partial charge in [-0.2, -0.15) is 0 Å². The number of esters is 1. The molecule has 0 bridgehead atoms. The molecular weight excluding hydrogens is 200 g/mol. The number of rotatable bonds is 5. The van der Waals surface area contributed by atoms with Crippen LogP contribution in [0.1, 0.15) is 19.6 Å². The second kappa shape index (κ2) is 5.75. The van der Waals surface area contributed by atoms with Gasteiger partial charge in [-0.25, -0.2) is 0 Å². The zero-order valence-corrected chi connectivity index (χ0v) is 9.17. The molecule has 1 aromatic rings. The summed E-state index contributed by atoms with van der Waals surface area (Å²) in [5.74, 6) is 1.79. The molecule has 0 radical (unpaired) electrons. The molecule has 0 unspecified atom stereocenters. The summed E-state index contributed by atoms with van der Waals surface area (Å²) in [7, 11) is 0. The highest BCUT2D eigenvalue weighted by molar-refractivity contribution is 7.99. The van der Waals surface area contributed by atoms with Gasteiger partial charge in [0.1, 0.15) is 5.76 Å². The molecule has 0 saturated heterocycles. The minimum atomic E-state index is -0.170. The quantitative estimate of drug-likeness (QED) is 0.706. The molecule has 0 aliphatic heterocycles. The van der Waals surface area contributed by atoms with E-state index in [1.807, 2.05) is 26.0 Å². The van der Waals surface area contributed by atoms with Crippen LogP contribution in [0.3, 0.4) is 0 Å². The van der Waals surface area contributed by atoms with Gasteiger partial charge in [-0.05, 0) is 26.0 Å². The average Bonchev–Trinajstić information content (AvgIpc) is 2.55. The molecule has 0 aliphatic rings. The molecule has 0 spiro atoms. The number of ether oxygens (including phenoxy) is 1. The Morgan fingerprint density at radius 3 is 3.00 bits per heavy atom. The standard InChI is InChI=1S/C10H14O3S/c1-8(2)13-10(11)7-14-6-9-4-3-5-12-9/h3-5,8H,6-7H2,1-2H3. The first-order chi connectivity index (χ1) is 6.68. The highest BCUT2D eigenvalue weighted by Gasteiger charge is 2.05. The molecule has 1 aromatic heterocycles. The molecule has 0 aromatic carbocycles. The van der Waals surface area contributed by atoms with Crippen molar-refractivity contribution in [1.29, 1.82) is 0 Å². The summed E-state index contributed by atoms with van der Waals surface area (Å²) in [6, 6.07) is 3.73. The van der Waals surface area contributed by atoms with Gasteiger partial charge in [0.25, 0.3) is 0 Å². The summed E-state index contributed by atoms with van der Waals surface area (Å²) in [4.78, 5) is 11.1. The Hall–Kier alpha value is -0.900. The predicted octanol–water partition coefficient (Wildman–Crippen LogP) is 2.46. The Morgan fingerprint density at radius 1 is 1.64 bits per heavy atom. The number of furan rings is 1. The molecule has 14 heavy (non-hydrogen) atoms. The highest BCUT2D eigenvalue weighted by Crippen LogP contribution is 2.12. The van der Waals surface area contributed by atoms with Gasteiger partial charge in [-0.3, -0.25) is 4.79 Å². The van der Waals surface area contributed by atoms with Gasteiger partial charge >= 0.3 is 5.97 Å². The van der Waals surface area contributed by atoms with E-state index in [2.05, 4.69) is 0 Å². The molecule has 0 N–H and O–H groups in total. The van der Waals surface area contributed by atoms with Crippen LogP contribution in [0.5, 0.6) is 0 Å².